The fourth-order valence-electron chi connectivity index (χ4n) is 2.32. The average molecular weight is 168 g/mol. The van der Waals surface area contributed by atoms with Crippen LogP contribution in [0.25, 0.3) is 0 Å². The van der Waals surface area contributed by atoms with Crippen molar-refractivity contribution < 1.29 is 9.53 Å². The van der Waals surface area contributed by atoms with E-state index in [1.54, 1.807) is 0 Å². The van der Waals surface area contributed by atoms with Crippen LogP contribution < -0.4 is 0 Å². The second-order valence-electron chi connectivity index (χ2n) is 4.11. The molecule has 12 heavy (non-hydrogen) atoms. The quantitative estimate of drug-likeness (QED) is 0.603. The lowest BCUT2D eigenvalue weighted by Gasteiger charge is -2.36. The Kier molecular flexibility index (Phi) is 1.85. The van der Waals surface area contributed by atoms with E-state index in [0.29, 0.717) is 24.4 Å². The van der Waals surface area contributed by atoms with E-state index in [2.05, 4.69) is 0 Å². The van der Waals surface area contributed by atoms with Crippen LogP contribution >= 0.6 is 0 Å². The lowest BCUT2D eigenvalue weighted by Crippen LogP contribution is -2.30. The summed E-state index contributed by atoms with van der Waals surface area (Å²) in [6.45, 7) is 2.39. The third-order valence-corrected chi connectivity index (χ3v) is 3.47. The maximum Gasteiger partial charge on any atom is 0.306 e. The van der Waals surface area contributed by atoms with Gasteiger partial charge in [0.2, 0.25) is 0 Å². The zero-order valence-corrected chi connectivity index (χ0v) is 7.64. The monoisotopic (exact) mass is 168 g/mol. The van der Waals surface area contributed by atoms with Crippen LogP contribution in [0.3, 0.4) is 0 Å². The minimum absolute atomic E-state index is 0.00785. The highest BCUT2D eigenvalue weighted by molar-refractivity contribution is 5.70. The Morgan fingerprint density at radius 1 is 1.50 bits per heavy atom. The van der Waals surface area contributed by atoms with Crippen LogP contribution in [-0.4, -0.2) is 12.6 Å². The van der Waals surface area contributed by atoms with Gasteiger partial charge in [-0.1, -0.05) is 0 Å². The van der Waals surface area contributed by atoms with Gasteiger partial charge < -0.3 is 4.74 Å². The molecule has 0 aromatic rings. The Labute approximate surface area is 73.3 Å². The van der Waals surface area contributed by atoms with Crippen LogP contribution in [0, 0.1) is 11.3 Å². The number of carbonyl (C=O) groups is 1. The fourth-order valence-corrected chi connectivity index (χ4v) is 2.32. The third-order valence-electron chi connectivity index (χ3n) is 3.47. The van der Waals surface area contributed by atoms with E-state index in [-0.39, 0.29) is 5.97 Å². The molecular weight excluding hydrogens is 152 g/mol. The molecule has 2 aliphatic carbocycles. The molecule has 0 bridgehead atoms. The van der Waals surface area contributed by atoms with E-state index in [4.69, 9.17) is 4.74 Å². The first-order valence-electron chi connectivity index (χ1n) is 4.92. The molecule has 2 aliphatic rings. The number of rotatable bonds is 3. The van der Waals surface area contributed by atoms with Gasteiger partial charge in [0.15, 0.2) is 0 Å². The molecule has 0 amide bonds. The molecule has 2 nitrogen and oxygen atoms in total. The van der Waals surface area contributed by atoms with Crippen LogP contribution in [-0.2, 0) is 9.53 Å². The van der Waals surface area contributed by atoms with Gasteiger partial charge >= 0.3 is 5.97 Å². The molecule has 0 aliphatic heterocycles. The van der Waals surface area contributed by atoms with Crippen molar-refractivity contribution in [2.24, 2.45) is 11.3 Å². The minimum atomic E-state index is 0.00785. The largest absolute Gasteiger partial charge is 0.466 e. The summed E-state index contributed by atoms with van der Waals surface area (Å²) < 4.78 is 4.93. The van der Waals surface area contributed by atoms with E-state index in [0.717, 1.165) is 0 Å². The summed E-state index contributed by atoms with van der Waals surface area (Å²) in [5.41, 5.74) is 0.618. The highest BCUT2D eigenvalue weighted by atomic mass is 16.5. The van der Waals surface area contributed by atoms with Crippen molar-refractivity contribution in [3.8, 4) is 0 Å². The van der Waals surface area contributed by atoms with Crippen molar-refractivity contribution in [3.63, 3.8) is 0 Å². The summed E-state index contributed by atoms with van der Waals surface area (Å²) in [5.74, 6) is 0.671. The number of ether oxygens (including phenoxy) is 1. The van der Waals surface area contributed by atoms with E-state index in [9.17, 15) is 4.79 Å². The maximum atomic E-state index is 11.1. The summed E-state index contributed by atoms with van der Waals surface area (Å²) in [6.07, 6.45) is 6.00. The zero-order chi connectivity index (χ0) is 8.60. The molecule has 2 rings (SSSR count). The Balaban J connectivity index is 1.76. The van der Waals surface area contributed by atoms with Gasteiger partial charge in [0, 0.05) is 6.42 Å². The van der Waals surface area contributed by atoms with Gasteiger partial charge in [-0.3, -0.25) is 4.79 Å². The third kappa shape index (κ3) is 1.23. The molecule has 0 aromatic heterocycles. The van der Waals surface area contributed by atoms with E-state index < -0.39 is 0 Å². The fraction of sp³-hybridized carbons (Fsp3) is 0.900. The van der Waals surface area contributed by atoms with Crippen LogP contribution in [0.4, 0.5) is 0 Å². The molecule has 1 spiro atoms. The van der Waals surface area contributed by atoms with E-state index >= 15 is 0 Å². The van der Waals surface area contributed by atoms with Crippen LogP contribution in [0.15, 0.2) is 0 Å². The molecule has 0 aromatic carbocycles. The van der Waals surface area contributed by atoms with Crippen molar-refractivity contribution in [2.45, 2.75) is 39.0 Å². The van der Waals surface area contributed by atoms with Gasteiger partial charge in [-0.15, -0.1) is 0 Å². The molecule has 1 atom stereocenters. The van der Waals surface area contributed by atoms with Crippen molar-refractivity contribution in [2.75, 3.05) is 6.61 Å². The predicted molar refractivity (Wildman–Crippen MR) is 45.6 cm³/mol. The summed E-state index contributed by atoms with van der Waals surface area (Å²) in [4.78, 5) is 11.1. The minimum Gasteiger partial charge on any atom is -0.466 e. The van der Waals surface area contributed by atoms with Crippen molar-refractivity contribution in [3.05, 3.63) is 0 Å². The Morgan fingerprint density at radius 2 is 2.25 bits per heavy atom. The molecule has 68 valence electrons. The summed E-state index contributed by atoms with van der Waals surface area (Å²) >= 11 is 0. The number of hydrogen-bond donors (Lipinski definition) is 0. The zero-order valence-electron chi connectivity index (χ0n) is 7.64. The molecule has 0 heterocycles. The first-order valence-corrected chi connectivity index (χ1v) is 4.92. The molecule has 2 fully saturated rings. The Bertz CT molecular complexity index is 194. The Morgan fingerprint density at radius 3 is 2.67 bits per heavy atom. The number of hydrogen-bond acceptors (Lipinski definition) is 2. The van der Waals surface area contributed by atoms with Crippen LogP contribution in [0.5, 0.6) is 0 Å². The SMILES string of the molecule is CCOC(=O)C[C@H]1CCC12CC2. The molecular formula is C10H16O2. The first kappa shape index (κ1) is 8.09. The second kappa shape index (κ2) is 2.75. The molecule has 2 heteroatoms. The maximum absolute atomic E-state index is 11.1. The summed E-state index contributed by atoms with van der Waals surface area (Å²) in [5, 5.41) is 0. The lowest BCUT2D eigenvalue weighted by molar-refractivity contribution is -0.146. The van der Waals surface area contributed by atoms with Gasteiger partial charge in [-0.2, -0.15) is 0 Å². The smallest absolute Gasteiger partial charge is 0.306 e. The van der Waals surface area contributed by atoms with Crippen LogP contribution in [0.2, 0.25) is 0 Å². The normalized spacial score (nSPS) is 29.6. The Hall–Kier alpha value is -0.530. The molecule has 0 N–H and O–H groups in total. The van der Waals surface area contributed by atoms with Gasteiger partial charge in [0.05, 0.1) is 6.61 Å². The van der Waals surface area contributed by atoms with Gasteiger partial charge in [-0.25, -0.2) is 0 Å². The number of carbonyl (C=O) groups excluding carboxylic acids is 1. The number of esters is 1. The van der Waals surface area contributed by atoms with Crippen molar-refractivity contribution >= 4 is 5.97 Å². The van der Waals surface area contributed by atoms with Gasteiger partial charge in [0.25, 0.3) is 0 Å². The molecule has 0 unspecified atom stereocenters. The molecule has 2 saturated carbocycles. The van der Waals surface area contributed by atoms with Gasteiger partial charge in [-0.05, 0) is 43.9 Å². The second-order valence-corrected chi connectivity index (χ2v) is 4.11. The van der Waals surface area contributed by atoms with Crippen molar-refractivity contribution in [1.82, 2.24) is 0 Å². The molecule has 0 radical (unpaired) electrons. The topological polar surface area (TPSA) is 26.3 Å². The highest BCUT2D eigenvalue weighted by Gasteiger charge is 2.55. The average Bonchev–Trinajstić information content (AvgIpc) is 2.79. The molecule has 0 saturated heterocycles. The van der Waals surface area contributed by atoms with Crippen LogP contribution in [0.1, 0.15) is 39.0 Å². The van der Waals surface area contributed by atoms with E-state index in [1.165, 1.54) is 25.7 Å². The van der Waals surface area contributed by atoms with Crippen molar-refractivity contribution in [1.29, 1.82) is 0 Å². The summed E-state index contributed by atoms with van der Waals surface area (Å²) in [7, 11) is 0. The lowest BCUT2D eigenvalue weighted by atomic mass is 9.69. The standard InChI is InChI=1S/C10H16O2/c1-2-12-9(11)7-8-3-4-10(8)5-6-10/h8H,2-7H2,1H3/t8-/m1/s1. The highest BCUT2D eigenvalue weighted by Crippen LogP contribution is 2.65. The van der Waals surface area contributed by atoms with E-state index in [1.807, 2.05) is 6.92 Å². The summed E-state index contributed by atoms with van der Waals surface area (Å²) in [6, 6.07) is 0. The predicted octanol–water partition coefficient (Wildman–Crippen LogP) is 2.13. The first-order chi connectivity index (χ1) is 5.77. The van der Waals surface area contributed by atoms with Gasteiger partial charge in [0.1, 0.15) is 0 Å².